The second-order valence-electron chi connectivity index (χ2n) is 5.39. The molecule has 0 aliphatic heterocycles. The summed E-state index contributed by atoms with van der Waals surface area (Å²) < 4.78 is 5.83. The third kappa shape index (κ3) is 4.08. The van der Waals surface area contributed by atoms with Crippen molar-refractivity contribution in [1.82, 2.24) is 5.32 Å². The van der Waals surface area contributed by atoms with Crippen LogP contribution < -0.4 is 10.1 Å². The molecule has 21 heavy (non-hydrogen) atoms. The number of benzene rings is 1. The molecule has 2 nitrogen and oxygen atoms in total. The normalized spacial score (nSPS) is 12.6. The van der Waals surface area contributed by atoms with Gasteiger partial charge in [-0.2, -0.15) is 0 Å². The lowest BCUT2D eigenvalue weighted by Crippen LogP contribution is -2.22. The van der Waals surface area contributed by atoms with Gasteiger partial charge in [0.15, 0.2) is 0 Å². The lowest BCUT2D eigenvalue weighted by atomic mass is 10.0. The minimum Gasteiger partial charge on any atom is -0.491 e. The Balaban J connectivity index is 2.34. The molecule has 3 heteroatoms. The van der Waals surface area contributed by atoms with Gasteiger partial charge in [0.2, 0.25) is 0 Å². The lowest BCUT2D eigenvalue weighted by Gasteiger charge is -2.20. The quantitative estimate of drug-likeness (QED) is 0.793. The maximum absolute atomic E-state index is 5.83. The molecule has 1 heterocycles. The van der Waals surface area contributed by atoms with Gasteiger partial charge in [-0.25, -0.2) is 0 Å². The summed E-state index contributed by atoms with van der Waals surface area (Å²) >= 11 is 1.83. The van der Waals surface area contributed by atoms with E-state index in [0.717, 1.165) is 18.7 Å². The Hall–Kier alpha value is -1.32. The third-order valence-electron chi connectivity index (χ3n) is 3.40. The zero-order valence-electron chi connectivity index (χ0n) is 13.3. The highest BCUT2D eigenvalue weighted by Crippen LogP contribution is 2.31. The van der Waals surface area contributed by atoms with E-state index in [4.69, 9.17) is 4.74 Å². The van der Waals surface area contributed by atoms with Crippen molar-refractivity contribution in [2.75, 3.05) is 6.54 Å². The van der Waals surface area contributed by atoms with Gasteiger partial charge < -0.3 is 10.1 Å². The van der Waals surface area contributed by atoms with Crippen LogP contribution in [-0.2, 0) is 6.42 Å². The van der Waals surface area contributed by atoms with Crippen molar-refractivity contribution < 1.29 is 4.74 Å². The van der Waals surface area contributed by atoms with Crippen LogP contribution in [0.2, 0.25) is 0 Å². The van der Waals surface area contributed by atoms with Crippen LogP contribution in [0.4, 0.5) is 0 Å². The van der Waals surface area contributed by atoms with Gasteiger partial charge in [0, 0.05) is 4.88 Å². The molecule has 0 saturated carbocycles. The maximum atomic E-state index is 5.83. The van der Waals surface area contributed by atoms with Gasteiger partial charge in [-0.3, -0.25) is 0 Å². The average molecular weight is 303 g/mol. The fourth-order valence-corrected chi connectivity index (χ4v) is 3.60. The number of aryl methyl sites for hydroxylation is 1. The van der Waals surface area contributed by atoms with Crippen molar-refractivity contribution in [3.05, 3.63) is 51.7 Å². The van der Waals surface area contributed by atoms with Gasteiger partial charge in [-0.1, -0.05) is 26.0 Å². The first-order chi connectivity index (χ1) is 10.2. The Morgan fingerprint density at radius 1 is 1.19 bits per heavy atom. The van der Waals surface area contributed by atoms with Crippen LogP contribution >= 0.6 is 11.3 Å². The molecule has 0 spiro atoms. The summed E-state index contributed by atoms with van der Waals surface area (Å²) in [7, 11) is 0. The highest BCUT2D eigenvalue weighted by atomic mass is 32.1. The largest absolute Gasteiger partial charge is 0.491 e. The standard InChI is InChI=1S/C18H25NOS/c1-5-14-10-11-21-18(14)17(19-6-2)15-8-7-9-16(12-15)20-13(3)4/h7-13,17,19H,5-6H2,1-4H3. The monoisotopic (exact) mass is 303 g/mol. The number of ether oxygens (including phenoxy) is 1. The zero-order valence-corrected chi connectivity index (χ0v) is 14.2. The van der Waals surface area contributed by atoms with E-state index in [1.807, 2.05) is 17.4 Å². The van der Waals surface area contributed by atoms with E-state index in [0.29, 0.717) is 0 Å². The first-order valence-electron chi connectivity index (χ1n) is 7.72. The van der Waals surface area contributed by atoms with Gasteiger partial charge >= 0.3 is 0 Å². The molecule has 114 valence electrons. The van der Waals surface area contributed by atoms with Crippen LogP contribution in [0.1, 0.15) is 49.7 Å². The van der Waals surface area contributed by atoms with E-state index in [9.17, 15) is 0 Å². The summed E-state index contributed by atoms with van der Waals surface area (Å²) in [6.07, 6.45) is 1.27. The predicted molar refractivity (Wildman–Crippen MR) is 91.4 cm³/mol. The number of thiophene rings is 1. The summed E-state index contributed by atoms with van der Waals surface area (Å²) in [5.74, 6) is 0.944. The van der Waals surface area contributed by atoms with Gasteiger partial charge in [-0.15, -0.1) is 11.3 Å². The summed E-state index contributed by atoms with van der Waals surface area (Å²) in [4.78, 5) is 1.42. The summed E-state index contributed by atoms with van der Waals surface area (Å²) in [6.45, 7) is 9.43. The van der Waals surface area contributed by atoms with Crippen molar-refractivity contribution >= 4 is 11.3 Å². The highest BCUT2D eigenvalue weighted by Gasteiger charge is 2.18. The van der Waals surface area contributed by atoms with Crippen LogP contribution in [0.15, 0.2) is 35.7 Å². The van der Waals surface area contributed by atoms with Crippen molar-refractivity contribution in [2.45, 2.75) is 46.3 Å². The predicted octanol–water partition coefficient (Wildman–Crippen LogP) is 4.80. The smallest absolute Gasteiger partial charge is 0.120 e. The number of hydrogen-bond donors (Lipinski definition) is 1. The van der Waals surface area contributed by atoms with E-state index in [-0.39, 0.29) is 12.1 Å². The topological polar surface area (TPSA) is 21.3 Å². The average Bonchev–Trinajstić information content (AvgIpc) is 2.92. The van der Waals surface area contributed by atoms with Crippen molar-refractivity contribution in [3.63, 3.8) is 0 Å². The molecule has 0 fully saturated rings. The fourth-order valence-electron chi connectivity index (χ4n) is 2.50. The van der Waals surface area contributed by atoms with Gasteiger partial charge in [0.05, 0.1) is 12.1 Å². The highest BCUT2D eigenvalue weighted by molar-refractivity contribution is 7.10. The number of hydrogen-bond acceptors (Lipinski definition) is 3. The Morgan fingerprint density at radius 3 is 2.67 bits per heavy atom. The molecule has 0 saturated heterocycles. The summed E-state index contributed by atoms with van der Waals surface area (Å²) in [5.41, 5.74) is 2.70. The van der Waals surface area contributed by atoms with Gasteiger partial charge in [0.25, 0.3) is 0 Å². The second-order valence-corrected chi connectivity index (χ2v) is 6.34. The van der Waals surface area contributed by atoms with Crippen LogP contribution in [0.3, 0.4) is 0 Å². The molecule has 1 atom stereocenters. The van der Waals surface area contributed by atoms with Crippen LogP contribution in [0, 0.1) is 0 Å². The Kier molecular flexibility index (Phi) is 5.83. The zero-order chi connectivity index (χ0) is 15.2. The van der Waals surface area contributed by atoms with Crippen LogP contribution in [0.5, 0.6) is 5.75 Å². The molecule has 1 aromatic heterocycles. The molecule has 0 aliphatic rings. The van der Waals surface area contributed by atoms with Crippen molar-refractivity contribution in [2.24, 2.45) is 0 Å². The summed E-state index contributed by atoms with van der Waals surface area (Å²) in [6, 6.07) is 10.9. The van der Waals surface area contributed by atoms with Gasteiger partial charge in [-0.05, 0) is 61.5 Å². The van der Waals surface area contributed by atoms with E-state index in [2.05, 4.69) is 62.7 Å². The molecule has 1 aromatic carbocycles. The Bertz CT molecular complexity index is 562. The molecule has 0 radical (unpaired) electrons. The fraction of sp³-hybridized carbons (Fsp3) is 0.444. The first-order valence-corrected chi connectivity index (χ1v) is 8.59. The van der Waals surface area contributed by atoms with Crippen molar-refractivity contribution in [3.8, 4) is 5.75 Å². The summed E-state index contributed by atoms with van der Waals surface area (Å²) in [5, 5.41) is 5.80. The third-order valence-corrected chi connectivity index (χ3v) is 4.42. The minimum atomic E-state index is 0.200. The molecular weight excluding hydrogens is 278 g/mol. The van der Waals surface area contributed by atoms with Crippen molar-refractivity contribution in [1.29, 1.82) is 0 Å². The van der Waals surface area contributed by atoms with E-state index >= 15 is 0 Å². The molecule has 2 rings (SSSR count). The SMILES string of the molecule is CCNC(c1cccc(OC(C)C)c1)c1sccc1CC. The van der Waals surface area contributed by atoms with E-state index in [1.165, 1.54) is 16.0 Å². The van der Waals surface area contributed by atoms with E-state index in [1.54, 1.807) is 0 Å². The molecule has 2 aromatic rings. The number of rotatable bonds is 7. The molecule has 1 N–H and O–H groups in total. The maximum Gasteiger partial charge on any atom is 0.120 e. The Labute approximate surface area is 132 Å². The first kappa shape index (κ1) is 16.1. The van der Waals surface area contributed by atoms with Crippen LogP contribution in [0.25, 0.3) is 0 Å². The molecule has 1 unspecified atom stereocenters. The molecule has 0 amide bonds. The molecule has 0 aliphatic carbocycles. The molecular formula is C18H25NOS. The Morgan fingerprint density at radius 2 is 2.00 bits per heavy atom. The lowest BCUT2D eigenvalue weighted by molar-refractivity contribution is 0.242. The van der Waals surface area contributed by atoms with E-state index < -0.39 is 0 Å². The van der Waals surface area contributed by atoms with Gasteiger partial charge in [0.1, 0.15) is 5.75 Å². The number of nitrogens with one attached hydrogen (secondary N) is 1. The van der Waals surface area contributed by atoms with Crippen LogP contribution in [-0.4, -0.2) is 12.6 Å². The molecule has 0 bridgehead atoms. The second kappa shape index (κ2) is 7.62. The minimum absolute atomic E-state index is 0.200.